The predicted octanol–water partition coefficient (Wildman–Crippen LogP) is 0.666. The summed E-state index contributed by atoms with van der Waals surface area (Å²) in [5.74, 6) is -0.708. The largest absolute Gasteiger partial charge is 0.350 e. The van der Waals surface area contributed by atoms with Crippen molar-refractivity contribution in [2.75, 3.05) is 6.54 Å². The van der Waals surface area contributed by atoms with Gasteiger partial charge in [0.05, 0.1) is 12.6 Å². The third kappa shape index (κ3) is 5.58. The maximum absolute atomic E-state index is 11.9. The normalized spacial score (nSPS) is 11.7. The molecule has 0 saturated carbocycles. The maximum Gasteiger partial charge on any atom is 0.248 e. The zero-order valence-electron chi connectivity index (χ0n) is 14.2. The summed E-state index contributed by atoms with van der Waals surface area (Å²) in [6, 6.07) is 8.17. The molecule has 136 valence electrons. The van der Waals surface area contributed by atoms with Gasteiger partial charge in [-0.1, -0.05) is 32.0 Å². The molecule has 0 radical (unpaired) electrons. The van der Waals surface area contributed by atoms with Gasteiger partial charge in [-0.25, -0.2) is 0 Å². The zero-order valence-corrected chi connectivity index (χ0v) is 15.0. The van der Waals surface area contributed by atoms with Crippen molar-refractivity contribution < 1.29 is 9.59 Å². The third-order valence-corrected chi connectivity index (χ3v) is 3.76. The van der Waals surface area contributed by atoms with Crippen molar-refractivity contribution in [2.45, 2.75) is 26.4 Å². The van der Waals surface area contributed by atoms with Crippen LogP contribution in [0.4, 0.5) is 0 Å². The minimum Gasteiger partial charge on any atom is -0.350 e. The second-order valence-corrected chi connectivity index (χ2v) is 5.97. The average Bonchev–Trinajstić information content (AvgIpc) is 2.56. The van der Waals surface area contributed by atoms with Crippen LogP contribution in [-0.4, -0.2) is 29.4 Å². The van der Waals surface area contributed by atoms with Gasteiger partial charge in [-0.3, -0.25) is 14.4 Å². The third-order valence-electron chi connectivity index (χ3n) is 3.76. The van der Waals surface area contributed by atoms with Crippen LogP contribution in [0.25, 0.3) is 10.9 Å². The van der Waals surface area contributed by atoms with Gasteiger partial charge in [-0.15, -0.1) is 12.4 Å². The van der Waals surface area contributed by atoms with E-state index >= 15 is 0 Å². The number of amides is 2. The van der Waals surface area contributed by atoms with E-state index in [1.54, 1.807) is 6.07 Å². The standard InChI is InChI=1S/C17H22N4O3.ClH/c1-10(2)16(18)17(24)20-9-15(23)19-8-11-7-14(22)21-13-6-4-3-5-12(11)13;/h3-7,10,16H,8-9,18H2,1-2H3,(H,19,23)(H,20,24)(H,21,22);1H/t16-;/m0./s1. The molecule has 1 aromatic carbocycles. The van der Waals surface area contributed by atoms with Crippen molar-refractivity contribution in [2.24, 2.45) is 11.7 Å². The van der Waals surface area contributed by atoms with Crippen molar-refractivity contribution in [3.8, 4) is 0 Å². The monoisotopic (exact) mass is 366 g/mol. The average molecular weight is 367 g/mol. The van der Waals surface area contributed by atoms with Gasteiger partial charge in [0, 0.05) is 23.5 Å². The molecule has 0 aliphatic heterocycles. The first-order valence-electron chi connectivity index (χ1n) is 7.79. The Morgan fingerprint density at radius 1 is 1.20 bits per heavy atom. The minimum absolute atomic E-state index is 0. The molecule has 0 fully saturated rings. The number of aromatic amines is 1. The van der Waals surface area contributed by atoms with E-state index in [1.165, 1.54) is 6.07 Å². The smallest absolute Gasteiger partial charge is 0.248 e. The van der Waals surface area contributed by atoms with Crippen LogP contribution in [-0.2, 0) is 16.1 Å². The second-order valence-electron chi connectivity index (χ2n) is 5.97. The molecule has 0 unspecified atom stereocenters. The van der Waals surface area contributed by atoms with Gasteiger partial charge in [0.2, 0.25) is 17.4 Å². The van der Waals surface area contributed by atoms with Gasteiger partial charge in [-0.2, -0.15) is 0 Å². The van der Waals surface area contributed by atoms with E-state index in [9.17, 15) is 14.4 Å². The summed E-state index contributed by atoms with van der Waals surface area (Å²) >= 11 is 0. The molecule has 8 heteroatoms. The van der Waals surface area contributed by atoms with E-state index in [0.717, 1.165) is 5.39 Å². The Hall–Kier alpha value is -2.38. The van der Waals surface area contributed by atoms with Gasteiger partial charge >= 0.3 is 0 Å². The Balaban J connectivity index is 0.00000312. The van der Waals surface area contributed by atoms with Crippen LogP contribution in [0.1, 0.15) is 19.4 Å². The van der Waals surface area contributed by atoms with Crippen molar-refractivity contribution in [3.05, 3.63) is 46.2 Å². The quantitative estimate of drug-likeness (QED) is 0.601. The number of nitrogens with one attached hydrogen (secondary N) is 3. The number of hydrogen-bond donors (Lipinski definition) is 4. The van der Waals surface area contributed by atoms with Crippen LogP contribution in [0.15, 0.2) is 35.1 Å². The summed E-state index contributed by atoms with van der Waals surface area (Å²) in [5, 5.41) is 6.06. The van der Waals surface area contributed by atoms with Crippen LogP contribution in [0, 0.1) is 5.92 Å². The lowest BCUT2D eigenvalue weighted by molar-refractivity contribution is -0.127. The Labute approximate surface area is 151 Å². The molecule has 2 amide bonds. The fourth-order valence-corrected chi connectivity index (χ4v) is 2.27. The van der Waals surface area contributed by atoms with Crippen molar-refractivity contribution in [3.63, 3.8) is 0 Å². The Morgan fingerprint density at radius 2 is 1.88 bits per heavy atom. The predicted molar refractivity (Wildman–Crippen MR) is 99.5 cm³/mol. The van der Waals surface area contributed by atoms with Crippen molar-refractivity contribution in [1.29, 1.82) is 0 Å². The SMILES string of the molecule is CC(C)[C@H](N)C(=O)NCC(=O)NCc1cc(=O)[nH]c2ccccc12.Cl. The fraction of sp³-hybridized carbons (Fsp3) is 0.353. The highest BCUT2D eigenvalue weighted by Crippen LogP contribution is 2.13. The van der Waals surface area contributed by atoms with E-state index in [0.29, 0.717) is 11.1 Å². The molecular formula is C17H23ClN4O3. The lowest BCUT2D eigenvalue weighted by atomic mass is 10.1. The van der Waals surface area contributed by atoms with Crippen LogP contribution >= 0.6 is 12.4 Å². The highest BCUT2D eigenvalue weighted by atomic mass is 35.5. The first-order chi connectivity index (χ1) is 11.4. The van der Waals surface area contributed by atoms with Crippen molar-refractivity contribution >= 4 is 35.1 Å². The molecule has 5 N–H and O–H groups in total. The lowest BCUT2D eigenvalue weighted by Crippen LogP contribution is -2.47. The number of aromatic nitrogens is 1. The molecule has 25 heavy (non-hydrogen) atoms. The number of carbonyl (C=O) groups is 2. The summed E-state index contributed by atoms with van der Waals surface area (Å²) in [6.45, 7) is 3.72. The molecule has 0 aliphatic rings. The van der Waals surface area contributed by atoms with Crippen molar-refractivity contribution in [1.82, 2.24) is 15.6 Å². The molecule has 1 atom stereocenters. The van der Waals surface area contributed by atoms with Crippen LogP contribution in [0.3, 0.4) is 0 Å². The first kappa shape index (κ1) is 20.7. The molecule has 1 heterocycles. The second kappa shape index (κ2) is 9.19. The van der Waals surface area contributed by atoms with Gasteiger partial charge in [0.1, 0.15) is 0 Å². The lowest BCUT2D eigenvalue weighted by Gasteiger charge is -2.15. The molecular weight excluding hydrogens is 344 g/mol. The number of pyridine rings is 1. The number of benzene rings is 1. The zero-order chi connectivity index (χ0) is 17.7. The van der Waals surface area contributed by atoms with E-state index in [4.69, 9.17) is 5.73 Å². The summed E-state index contributed by atoms with van der Waals surface area (Å²) in [4.78, 5) is 38.0. The molecule has 2 aromatic rings. The van der Waals surface area contributed by atoms with Gasteiger partial charge in [-0.05, 0) is 17.5 Å². The molecule has 0 bridgehead atoms. The topological polar surface area (TPSA) is 117 Å². The molecule has 0 saturated heterocycles. The van der Waals surface area contributed by atoms with E-state index in [2.05, 4.69) is 15.6 Å². The Morgan fingerprint density at radius 3 is 2.56 bits per heavy atom. The van der Waals surface area contributed by atoms with Gasteiger partial charge < -0.3 is 21.4 Å². The number of carbonyl (C=O) groups excluding carboxylic acids is 2. The van der Waals surface area contributed by atoms with E-state index in [1.807, 2.05) is 32.0 Å². The molecule has 1 aromatic heterocycles. The number of nitrogens with two attached hydrogens (primary N) is 1. The number of hydrogen-bond acceptors (Lipinski definition) is 4. The number of rotatable bonds is 6. The van der Waals surface area contributed by atoms with Gasteiger partial charge in [0.15, 0.2) is 0 Å². The van der Waals surface area contributed by atoms with Crippen LogP contribution < -0.4 is 21.9 Å². The number of fused-ring (bicyclic) bond motifs is 1. The van der Waals surface area contributed by atoms with Crippen LogP contribution in [0.2, 0.25) is 0 Å². The fourth-order valence-electron chi connectivity index (χ4n) is 2.27. The number of H-pyrrole nitrogens is 1. The summed E-state index contributed by atoms with van der Waals surface area (Å²) in [6.07, 6.45) is 0. The minimum atomic E-state index is -0.644. The molecule has 0 aliphatic carbocycles. The number of halogens is 1. The van der Waals surface area contributed by atoms with E-state index in [-0.39, 0.29) is 48.8 Å². The molecule has 0 spiro atoms. The maximum atomic E-state index is 11.9. The van der Waals surface area contributed by atoms with Gasteiger partial charge in [0.25, 0.3) is 0 Å². The first-order valence-corrected chi connectivity index (χ1v) is 7.79. The van der Waals surface area contributed by atoms with E-state index < -0.39 is 6.04 Å². The summed E-state index contributed by atoms with van der Waals surface area (Å²) < 4.78 is 0. The molecule has 7 nitrogen and oxygen atoms in total. The highest BCUT2D eigenvalue weighted by molar-refractivity contribution is 5.88. The summed E-state index contributed by atoms with van der Waals surface area (Å²) in [7, 11) is 0. The molecule has 2 rings (SSSR count). The Bertz CT molecular complexity index is 804. The summed E-state index contributed by atoms with van der Waals surface area (Å²) in [5.41, 5.74) is 6.91. The number of para-hydroxylation sites is 1. The Kier molecular flexibility index (Phi) is 7.60. The van der Waals surface area contributed by atoms with Crippen LogP contribution in [0.5, 0.6) is 0 Å². The highest BCUT2D eigenvalue weighted by Gasteiger charge is 2.17.